The molecule has 0 unspecified atom stereocenters. The fraction of sp³-hybridized carbons (Fsp3) is 0.400. The number of rotatable bonds is 5. The standard InChI is InChI=1S/C10H14BrN3O2/c1-6(9(16)5-15)14-8-3-7(11)4-13-10(8)12-2/h3-6,9,14,16H,1-2H3,(H,12,13)/t6-,9-/m1/s1. The number of aliphatic hydroxyl groups excluding tert-OH is 1. The van der Waals surface area contributed by atoms with E-state index in [9.17, 15) is 9.90 Å². The summed E-state index contributed by atoms with van der Waals surface area (Å²) in [7, 11) is 1.75. The lowest BCUT2D eigenvalue weighted by Crippen LogP contribution is -2.32. The molecule has 1 aromatic heterocycles. The van der Waals surface area contributed by atoms with Crippen molar-refractivity contribution in [3.63, 3.8) is 0 Å². The van der Waals surface area contributed by atoms with Crippen molar-refractivity contribution >= 4 is 33.7 Å². The second-order valence-electron chi connectivity index (χ2n) is 3.36. The van der Waals surface area contributed by atoms with Crippen LogP contribution in [0.25, 0.3) is 0 Å². The predicted molar refractivity (Wildman–Crippen MR) is 66.6 cm³/mol. The van der Waals surface area contributed by atoms with E-state index in [-0.39, 0.29) is 6.04 Å². The third kappa shape index (κ3) is 3.18. The highest BCUT2D eigenvalue weighted by molar-refractivity contribution is 9.10. The molecule has 0 aliphatic carbocycles. The van der Waals surface area contributed by atoms with Gasteiger partial charge in [-0.25, -0.2) is 4.98 Å². The van der Waals surface area contributed by atoms with E-state index in [2.05, 4.69) is 31.5 Å². The van der Waals surface area contributed by atoms with Gasteiger partial charge in [-0.15, -0.1) is 0 Å². The molecule has 0 saturated heterocycles. The third-order valence-electron chi connectivity index (χ3n) is 2.13. The fourth-order valence-electron chi connectivity index (χ4n) is 1.20. The maximum absolute atomic E-state index is 10.4. The van der Waals surface area contributed by atoms with Gasteiger partial charge in [0.1, 0.15) is 11.9 Å². The van der Waals surface area contributed by atoms with Gasteiger partial charge in [0.2, 0.25) is 0 Å². The van der Waals surface area contributed by atoms with Crippen LogP contribution in [0.15, 0.2) is 16.7 Å². The van der Waals surface area contributed by atoms with Gasteiger partial charge in [0, 0.05) is 17.7 Å². The second kappa shape index (κ2) is 5.81. The molecule has 0 radical (unpaired) electrons. The summed E-state index contributed by atoms with van der Waals surface area (Å²) in [5, 5.41) is 15.3. The molecule has 88 valence electrons. The summed E-state index contributed by atoms with van der Waals surface area (Å²) in [6.07, 6.45) is 1.13. The number of nitrogens with zero attached hydrogens (tertiary/aromatic N) is 1. The molecular formula is C10H14BrN3O2. The predicted octanol–water partition coefficient (Wildman–Crippen LogP) is 1.25. The van der Waals surface area contributed by atoms with E-state index >= 15 is 0 Å². The summed E-state index contributed by atoms with van der Waals surface area (Å²) in [5.74, 6) is 0.660. The lowest BCUT2D eigenvalue weighted by Gasteiger charge is -2.19. The molecular weight excluding hydrogens is 274 g/mol. The molecule has 0 aromatic carbocycles. The van der Waals surface area contributed by atoms with E-state index in [0.29, 0.717) is 12.1 Å². The molecule has 0 spiro atoms. The fourth-order valence-corrected chi connectivity index (χ4v) is 1.53. The highest BCUT2D eigenvalue weighted by Crippen LogP contribution is 2.23. The summed E-state index contributed by atoms with van der Waals surface area (Å²) >= 11 is 3.31. The van der Waals surface area contributed by atoms with Crippen molar-refractivity contribution in [2.24, 2.45) is 0 Å². The van der Waals surface area contributed by atoms with Gasteiger partial charge in [-0.05, 0) is 28.9 Å². The molecule has 1 heterocycles. The SMILES string of the molecule is CNc1ncc(Br)cc1N[C@H](C)[C@H](O)C=O. The van der Waals surface area contributed by atoms with Gasteiger partial charge in [-0.3, -0.25) is 0 Å². The van der Waals surface area contributed by atoms with E-state index < -0.39 is 6.10 Å². The third-order valence-corrected chi connectivity index (χ3v) is 2.56. The van der Waals surface area contributed by atoms with Crippen molar-refractivity contribution < 1.29 is 9.90 Å². The number of carbonyl (C=O) groups is 1. The highest BCUT2D eigenvalue weighted by Gasteiger charge is 2.14. The minimum absolute atomic E-state index is 0.374. The van der Waals surface area contributed by atoms with Crippen LogP contribution in [0.5, 0.6) is 0 Å². The molecule has 16 heavy (non-hydrogen) atoms. The molecule has 1 rings (SSSR count). The summed E-state index contributed by atoms with van der Waals surface area (Å²) in [4.78, 5) is 14.6. The lowest BCUT2D eigenvalue weighted by atomic mass is 10.2. The number of hydrogen-bond acceptors (Lipinski definition) is 5. The van der Waals surface area contributed by atoms with E-state index in [1.807, 2.05) is 6.07 Å². The molecule has 1 aromatic rings. The Kier molecular flexibility index (Phi) is 4.70. The number of halogens is 1. The first-order chi connectivity index (χ1) is 7.58. The number of aliphatic hydroxyl groups is 1. The quantitative estimate of drug-likeness (QED) is 0.711. The lowest BCUT2D eigenvalue weighted by molar-refractivity contribution is -0.115. The zero-order valence-electron chi connectivity index (χ0n) is 9.07. The Labute approximate surface area is 102 Å². The molecule has 3 N–H and O–H groups in total. The maximum atomic E-state index is 10.4. The number of carbonyl (C=O) groups excluding carboxylic acids is 1. The molecule has 0 fully saturated rings. The van der Waals surface area contributed by atoms with Crippen molar-refractivity contribution in [3.8, 4) is 0 Å². The zero-order valence-corrected chi connectivity index (χ0v) is 10.7. The number of nitrogens with one attached hydrogen (secondary N) is 2. The van der Waals surface area contributed by atoms with Crippen LogP contribution in [0.2, 0.25) is 0 Å². The number of aldehydes is 1. The first kappa shape index (κ1) is 12.9. The van der Waals surface area contributed by atoms with Gasteiger partial charge in [-0.2, -0.15) is 0 Å². The van der Waals surface area contributed by atoms with Crippen LogP contribution in [0.3, 0.4) is 0 Å². The van der Waals surface area contributed by atoms with Crippen molar-refractivity contribution in [1.82, 2.24) is 4.98 Å². The first-order valence-electron chi connectivity index (χ1n) is 4.81. The van der Waals surface area contributed by atoms with Gasteiger partial charge in [-0.1, -0.05) is 0 Å². The number of pyridine rings is 1. The molecule has 0 amide bonds. The molecule has 0 bridgehead atoms. The largest absolute Gasteiger partial charge is 0.383 e. The normalized spacial score (nSPS) is 14.0. The maximum Gasteiger partial charge on any atom is 0.150 e. The monoisotopic (exact) mass is 287 g/mol. The number of aromatic nitrogens is 1. The van der Waals surface area contributed by atoms with Crippen LogP contribution >= 0.6 is 15.9 Å². The van der Waals surface area contributed by atoms with Crippen molar-refractivity contribution in [2.45, 2.75) is 19.1 Å². The Balaban J connectivity index is 2.86. The Morgan fingerprint density at radius 1 is 1.62 bits per heavy atom. The molecule has 2 atom stereocenters. The summed E-state index contributed by atoms with van der Waals surface area (Å²) in [6, 6.07) is 1.45. The summed E-state index contributed by atoms with van der Waals surface area (Å²) in [6.45, 7) is 1.72. The second-order valence-corrected chi connectivity index (χ2v) is 4.28. The average molecular weight is 288 g/mol. The van der Waals surface area contributed by atoms with Gasteiger partial charge in [0.15, 0.2) is 6.29 Å². The van der Waals surface area contributed by atoms with Gasteiger partial charge >= 0.3 is 0 Å². The molecule has 0 aliphatic rings. The minimum Gasteiger partial charge on any atom is -0.383 e. The molecule has 0 aliphatic heterocycles. The van der Waals surface area contributed by atoms with Crippen molar-refractivity contribution in [3.05, 3.63) is 16.7 Å². The Bertz CT molecular complexity index is 373. The van der Waals surface area contributed by atoms with E-state index in [0.717, 1.165) is 10.2 Å². The van der Waals surface area contributed by atoms with Crippen molar-refractivity contribution in [1.29, 1.82) is 0 Å². The van der Waals surface area contributed by atoms with Crippen LogP contribution in [-0.2, 0) is 4.79 Å². The molecule has 6 heteroatoms. The molecule has 0 saturated carbocycles. The van der Waals surface area contributed by atoms with Gasteiger partial charge in [0.05, 0.1) is 11.7 Å². The number of hydrogen-bond donors (Lipinski definition) is 3. The van der Waals surface area contributed by atoms with Crippen LogP contribution in [0, 0.1) is 0 Å². The van der Waals surface area contributed by atoms with Crippen molar-refractivity contribution in [2.75, 3.05) is 17.7 Å². The Hall–Kier alpha value is -1.14. The highest BCUT2D eigenvalue weighted by atomic mass is 79.9. The zero-order chi connectivity index (χ0) is 12.1. The van der Waals surface area contributed by atoms with E-state index in [1.54, 1.807) is 20.2 Å². The first-order valence-corrected chi connectivity index (χ1v) is 5.61. The van der Waals surface area contributed by atoms with E-state index in [4.69, 9.17) is 0 Å². The summed E-state index contributed by atoms with van der Waals surface area (Å²) < 4.78 is 0.821. The van der Waals surface area contributed by atoms with Crippen LogP contribution in [0.1, 0.15) is 6.92 Å². The smallest absolute Gasteiger partial charge is 0.150 e. The average Bonchev–Trinajstić information content (AvgIpc) is 2.28. The van der Waals surface area contributed by atoms with Gasteiger partial charge in [0.25, 0.3) is 0 Å². The summed E-state index contributed by atoms with van der Waals surface area (Å²) in [5.41, 5.74) is 0.727. The van der Waals surface area contributed by atoms with Crippen LogP contribution in [-0.4, -0.2) is 35.6 Å². The topological polar surface area (TPSA) is 74.2 Å². The molecule has 5 nitrogen and oxygen atoms in total. The van der Waals surface area contributed by atoms with Crippen LogP contribution < -0.4 is 10.6 Å². The minimum atomic E-state index is -1.04. The van der Waals surface area contributed by atoms with Gasteiger partial charge < -0.3 is 20.5 Å². The Morgan fingerprint density at radius 2 is 2.31 bits per heavy atom. The number of anilines is 2. The van der Waals surface area contributed by atoms with E-state index in [1.165, 1.54) is 0 Å². The van der Waals surface area contributed by atoms with Crippen LogP contribution in [0.4, 0.5) is 11.5 Å². The Morgan fingerprint density at radius 3 is 2.88 bits per heavy atom.